The number of rotatable bonds is 1. The molecule has 8 heavy (non-hydrogen) atoms. The number of nitro groups is 1. The van der Waals surface area contributed by atoms with Gasteiger partial charge in [-0.05, 0) is 0 Å². The SMILES string of the molecule is CC(=O)N(C)[N+](=O)[O-]. The van der Waals surface area contributed by atoms with E-state index in [1.165, 1.54) is 0 Å². The van der Waals surface area contributed by atoms with Crippen LogP contribution in [-0.4, -0.2) is 23.0 Å². The number of hydrogen-bond acceptors (Lipinski definition) is 3. The fraction of sp³-hybridized carbons (Fsp3) is 0.667. The number of amides is 1. The fourth-order valence-corrected chi connectivity index (χ4v) is 0.115. The number of hydrazine groups is 1. The average Bonchev–Trinajstić information content (AvgIpc) is 1.64. The summed E-state index contributed by atoms with van der Waals surface area (Å²) in [4.78, 5) is 19.7. The lowest BCUT2D eigenvalue weighted by Crippen LogP contribution is -2.29. The molecule has 0 saturated carbocycles. The molecule has 0 fully saturated rings. The van der Waals surface area contributed by atoms with Gasteiger partial charge in [-0.2, -0.15) is 0 Å². The van der Waals surface area contributed by atoms with Crippen LogP contribution in [0.3, 0.4) is 0 Å². The number of carbonyl (C=O) groups is 1. The van der Waals surface area contributed by atoms with E-state index in [1.807, 2.05) is 0 Å². The zero-order valence-corrected chi connectivity index (χ0v) is 4.62. The Labute approximate surface area is 46.0 Å². The molecule has 0 aromatic carbocycles. The van der Waals surface area contributed by atoms with E-state index in [0.717, 1.165) is 14.0 Å². The third kappa shape index (κ3) is 1.55. The van der Waals surface area contributed by atoms with Gasteiger partial charge in [0.05, 0.1) is 7.05 Å². The van der Waals surface area contributed by atoms with Crippen LogP contribution in [0.4, 0.5) is 0 Å². The molecule has 0 unspecified atom stereocenters. The van der Waals surface area contributed by atoms with Crippen LogP contribution in [0.2, 0.25) is 0 Å². The van der Waals surface area contributed by atoms with Crippen LogP contribution in [0.5, 0.6) is 0 Å². The van der Waals surface area contributed by atoms with E-state index in [1.54, 1.807) is 0 Å². The average molecular weight is 118 g/mol. The van der Waals surface area contributed by atoms with Gasteiger partial charge in [0.15, 0.2) is 5.03 Å². The van der Waals surface area contributed by atoms with Gasteiger partial charge in [0, 0.05) is 6.92 Å². The number of nitrogens with zero attached hydrogens (tertiary/aromatic N) is 2. The van der Waals surface area contributed by atoms with E-state index in [0.29, 0.717) is 5.01 Å². The van der Waals surface area contributed by atoms with Gasteiger partial charge < -0.3 is 0 Å². The minimum Gasteiger partial charge on any atom is -0.269 e. The number of carbonyl (C=O) groups excluding carboxylic acids is 1. The van der Waals surface area contributed by atoms with E-state index in [4.69, 9.17) is 0 Å². The minimum atomic E-state index is -0.775. The smallest absolute Gasteiger partial charge is 0.269 e. The van der Waals surface area contributed by atoms with Crippen LogP contribution in [0, 0.1) is 10.1 Å². The van der Waals surface area contributed by atoms with Crippen molar-refractivity contribution in [2.24, 2.45) is 0 Å². The highest BCUT2D eigenvalue weighted by atomic mass is 16.7. The highest BCUT2D eigenvalue weighted by Crippen LogP contribution is 1.80. The van der Waals surface area contributed by atoms with Crippen molar-refractivity contribution >= 4 is 5.91 Å². The first-order valence-corrected chi connectivity index (χ1v) is 1.94. The molecular weight excluding hydrogens is 112 g/mol. The van der Waals surface area contributed by atoms with Crippen LogP contribution in [0.1, 0.15) is 6.92 Å². The van der Waals surface area contributed by atoms with E-state index < -0.39 is 10.9 Å². The Morgan fingerprint density at radius 2 is 2.12 bits per heavy atom. The molecule has 5 heteroatoms. The lowest BCUT2D eigenvalue weighted by molar-refractivity contribution is -0.627. The van der Waals surface area contributed by atoms with E-state index >= 15 is 0 Å². The van der Waals surface area contributed by atoms with Crippen molar-refractivity contribution in [1.29, 1.82) is 0 Å². The van der Waals surface area contributed by atoms with Gasteiger partial charge >= 0.3 is 0 Å². The van der Waals surface area contributed by atoms with Crippen molar-refractivity contribution in [1.82, 2.24) is 5.01 Å². The lowest BCUT2D eigenvalue weighted by Gasteiger charge is -1.99. The Morgan fingerprint density at radius 3 is 2.12 bits per heavy atom. The molecule has 5 nitrogen and oxygen atoms in total. The Bertz CT molecular complexity index is 108. The van der Waals surface area contributed by atoms with Gasteiger partial charge in [0.1, 0.15) is 0 Å². The Morgan fingerprint density at radius 1 is 1.75 bits per heavy atom. The van der Waals surface area contributed by atoms with Crippen molar-refractivity contribution in [3.05, 3.63) is 10.1 Å². The maximum atomic E-state index is 10.1. The zero-order valence-electron chi connectivity index (χ0n) is 4.62. The van der Waals surface area contributed by atoms with Gasteiger partial charge in [0.2, 0.25) is 0 Å². The van der Waals surface area contributed by atoms with Gasteiger partial charge in [-0.3, -0.25) is 4.79 Å². The molecule has 0 rings (SSSR count). The second kappa shape index (κ2) is 2.25. The number of hydrogen-bond donors (Lipinski definition) is 0. The summed E-state index contributed by atoms with van der Waals surface area (Å²) in [6.07, 6.45) is 0. The summed E-state index contributed by atoms with van der Waals surface area (Å²) in [6, 6.07) is 0. The summed E-state index contributed by atoms with van der Waals surface area (Å²) in [5.41, 5.74) is 0. The monoisotopic (exact) mass is 118 g/mol. The predicted octanol–water partition coefficient (Wildman–Crippen LogP) is -0.344. The summed E-state index contributed by atoms with van der Waals surface area (Å²) in [6.45, 7) is 1.13. The molecule has 0 spiro atoms. The standard InChI is InChI=1S/C3H6N2O3/c1-3(6)4(2)5(7)8/h1-2H3. The van der Waals surface area contributed by atoms with Crippen molar-refractivity contribution in [3.8, 4) is 0 Å². The zero-order chi connectivity index (χ0) is 6.73. The molecule has 0 heterocycles. The maximum Gasteiger partial charge on any atom is 0.280 e. The van der Waals surface area contributed by atoms with Gasteiger partial charge in [-0.1, -0.05) is 5.01 Å². The van der Waals surface area contributed by atoms with Crippen molar-refractivity contribution in [3.63, 3.8) is 0 Å². The molecule has 0 aliphatic carbocycles. The molecule has 0 saturated heterocycles. The Hall–Kier alpha value is -1.13. The predicted molar refractivity (Wildman–Crippen MR) is 25.4 cm³/mol. The maximum absolute atomic E-state index is 10.1. The highest BCUT2D eigenvalue weighted by Gasteiger charge is 2.10. The molecule has 0 aromatic rings. The van der Waals surface area contributed by atoms with Crippen LogP contribution in [-0.2, 0) is 4.79 Å². The second-order valence-corrected chi connectivity index (χ2v) is 1.28. The van der Waals surface area contributed by atoms with Crippen molar-refractivity contribution in [2.75, 3.05) is 7.05 Å². The first kappa shape index (κ1) is 6.87. The van der Waals surface area contributed by atoms with Crippen molar-refractivity contribution in [2.45, 2.75) is 6.92 Å². The quantitative estimate of drug-likeness (QED) is 0.349. The first-order valence-electron chi connectivity index (χ1n) is 1.94. The van der Waals surface area contributed by atoms with Crippen LogP contribution in [0.15, 0.2) is 0 Å². The molecule has 0 bridgehead atoms. The molecule has 1 amide bonds. The van der Waals surface area contributed by atoms with E-state index in [-0.39, 0.29) is 0 Å². The van der Waals surface area contributed by atoms with Gasteiger partial charge in [0.25, 0.3) is 5.91 Å². The van der Waals surface area contributed by atoms with Crippen LogP contribution in [0.25, 0.3) is 0 Å². The van der Waals surface area contributed by atoms with Crippen molar-refractivity contribution < 1.29 is 9.83 Å². The molecule has 0 N–H and O–H groups in total. The van der Waals surface area contributed by atoms with E-state index in [9.17, 15) is 14.9 Å². The lowest BCUT2D eigenvalue weighted by atomic mass is 10.7. The fourth-order valence-electron chi connectivity index (χ4n) is 0.115. The highest BCUT2D eigenvalue weighted by molar-refractivity contribution is 5.71. The third-order valence-electron chi connectivity index (χ3n) is 0.701. The summed E-state index contributed by atoms with van der Waals surface area (Å²) in [5.74, 6) is -0.574. The largest absolute Gasteiger partial charge is 0.280 e. The topological polar surface area (TPSA) is 63.5 Å². The van der Waals surface area contributed by atoms with Gasteiger partial charge in [-0.25, -0.2) is 10.1 Å². The van der Waals surface area contributed by atoms with E-state index in [2.05, 4.69) is 0 Å². The molecule has 0 aliphatic rings. The van der Waals surface area contributed by atoms with Crippen LogP contribution < -0.4 is 0 Å². The molecule has 0 atom stereocenters. The normalized spacial score (nSPS) is 8.25. The summed E-state index contributed by atoms with van der Waals surface area (Å²) in [7, 11) is 1.10. The Kier molecular flexibility index (Phi) is 1.93. The summed E-state index contributed by atoms with van der Waals surface area (Å²) >= 11 is 0. The summed E-state index contributed by atoms with van der Waals surface area (Å²) in [5, 5.41) is 9.29. The Balaban J connectivity index is 3.83. The third-order valence-corrected chi connectivity index (χ3v) is 0.701. The summed E-state index contributed by atoms with van der Waals surface area (Å²) < 4.78 is 0. The minimum absolute atomic E-state index is 0.417. The molecule has 46 valence electrons. The molecule has 0 aromatic heterocycles. The molecule has 0 aliphatic heterocycles. The first-order chi connectivity index (χ1) is 3.55. The second-order valence-electron chi connectivity index (χ2n) is 1.28. The molecule has 0 radical (unpaired) electrons. The molecular formula is C3H6N2O3. The van der Waals surface area contributed by atoms with Gasteiger partial charge in [-0.15, -0.1) is 0 Å². The van der Waals surface area contributed by atoms with Crippen LogP contribution >= 0.6 is 0 Å².